The van der Waals surface area contributed by atoms with Crippen molar-refractivity contribution in [3.8, 4) is 0 Å². The van der Waals surface area contributed by atoms with E-state index in [1.807, 2.05) is 18.2 Å². The number of pyridine rings is 1. The number of nitrogens with one attached hydrogen (secondary N) is 3. The van der Waals surface area contributed by atoms with Gasteiger partial charge in [-0.25, -0.2) is 8.78 Å². The number of aromatic nitrogens is 1. The number of hydrogen-bond donors (Lipinski definition) is 4. The lowest BCUT2D eigenvalue weighted by molar-refractivity contribution is -0.125. The summed E-state index contributed by atoms with van der Waals surface area (Å²) in [5.41, 5.74) is 15.2. The highest BCUT2D eigenvalue weighted by Gasteiger charge is 2.29. The number of benzene rings is 2. The summed E-state index contributed by atoms with van der Waals surface area (Å²) in [4.78, 5) is 4.02. The molecule has 1 aromatic heterocycles. The van der Waals surface area contributed by atoms with Crippen molar-refractivity contribution in [1.82, 2.24) is 15.6 Å². The van der Waals surface area contributed by atoms with Crippen molar-refractivity contribution in [3.63, 3.8) is 0 Å². The Balaban J connectivity index is 1.42. The zero-order valence-corrected chi connectivity index (χ0v) is 27.0. The number of ether oxygens (including phenoxy) is 2. The Kier molecular flexibility index (Phi) is 12.8. The molecule has 13 heteroatoms. The number of aryl methyl sites for hydroxylation is 1. The lowest BCUT2D eigenvalue weighted by Gasteiger charge is -2.31. The van der Waals surface area contributed by atoms with Crippen LogP contribution in [0.2, 0.25) is 5.02 Å². The molecule has 3 aromatic rings. The van der Waals surface area contributed by atoms with Crippen molar-refractivity contribution in [1.29, 1.82) is 0 Å². The lowest BCUT2D eigenvalue weighted by atomic mass is 9.83. The van der Waals surface area contributed by atoms with Crippen LogP contribution < -0.4 is 21.7 Å². The van der Waals surface area contributed by atoms with Crippen LogP contribution in [0.5, 0.6) is 0 Å². The van der Waals surface area contributed by atoms with Gasteiger partial charge in [0.1, 0.15) is 24.8 Å². The van der Waals surface area contributed by atoms with Gasteiger partial charge in [-0.1, -0.05) is 48.7 Å². The molecule has 0 spiro atoms. The minimum Gasteiger partial charge on any atom is -0.472 e. The fourth-order valence-electron chi connectivity index (χ4n) is 5.40. The van der Waals surface area contributed by atoms with Gasteiger partial charge in [0.25, 0.3) is 0 Å². The number of hydrogen-bond acceptors (Lipinski definition) is 7. The predicted octanol–water partition coefficient (Wildman–Crippen LogP) is 6.65. The largest absolute Gasteiger partial charge is 0.472 e. The average Bonchev–Trinajstić information content (AvgIpc) is 3.04. The monoisotopic (exact) mass is 689 g/mol. The molecule has 5 N–H and O–H groups in total. The zero-order chi connectivity index (χ0) is 34.8. The first-order chi connectivity index (χ1) is 22.9. The van der Waals surface area contributed by atoms with E-state index in [0.29, 0.717) is 40.5 Å². The summed E-state index contributed by atoms with van der Waals surface area (Å²) in [5.74, 6) is -1.67. The lowest BCUT2D eigenvalue weighted by Crippen LogP contribution is -2.49. The van der Waals surface area contributed by atoms with Crippen molar-refractivity contribution in [2.75, 3.05) is 31.6 Å². The molecule has 0 saturated carbocycles. The second kappa shape index (κ2) is 16.8. The minimum atomic E-state index is -4.41. The van der Waals surface area contributed by atoms with Gasteiger partial charge in [0.05, 0.1) is 48.6 Å². The maximum Gasteiger partial charge on any atom is 0.405 e. The maximum absolute atomic E-state index is 15.2. The van der Waals surface area contributed by atoms with Gasteiger partial charge in [-0.3, -0.25) is 4.98 Å². The Labute approximate surface area is 281 Å². The zero-order valence-electron chi connectivity index (χ0n) is 26.3. The first kappa shape index (κ1) is 36.7. The first-order valence-electron chi connectivity index (χ1n) is 15.1. The van der Waals surface area contributed by atoms with Crippen LogP contribution in [0.3, 0.4) is 0 Å². The third kappa shape index (κ3) is 10.4. The number of rotatable bonds is 14. The van der Waals surface area contributed by atoms with Gasteiger partial charge in [-0.05, 0) is 60.7 Å². The molecule has 1 saturated heterocycles. The predicted molar refractivity (Wildman–Crippen MR) is 175 cm³/mol. The molecule has 0 bridgehead atoms. The molecular formula is C35H37ClF5N5O2. The highest BCUT2D eigenvalue weighted by Crippen LogP contribution is 2.33. The van der Waals surface area contributed by atoms with E-state index >= 15 is 4.39 Å². The number of anilines is 1. The van der Waals surface area contributed by atoms with Crippen LogP contribution in [0.15, 0.2) is 91.1 Å². The molecule has 0 amide bonds. The van der Waals surface area contributed by atoms with Crippen molar-refractivity contribution < 1.29 is 31.4 Å². The second-order valence-corrected chi connectivity index (χ2v) is 11.8. The van der Waals surface area contributed by atoms with Crippen molar-refractivity contribution in [2.45, 2.75) is 50.0 Å². The normalized spacial score (nSPS) is 17.4. The van der Waals surface area contributed by atoms with E-state index in [1.165, 1.54) is 18.3 Å². The maximum atomic E-state index is 15.2. The van der Waals surface area contributed by atoms with Gasteiger partial charge in [0.15, 0.2) is 0 Å². The van der Waals surface area contributed by atoms with E-state index in [2.05, 4.69) is 45.6 Å². The van der Waals surface area contributed by atoms with Crippen molar-refractivity contribution in [2.24, 2.45) is 5.73 Å². The van der Waals surface area contributed by atoms with Crippen LogP contribution in [-0.2, 0) is 15.9 Å². The van der Waals surface area contributed by atoms with Crippen LogP contribution in [0.4, 0.5) is 27.6 Å². The van der Waals surface area contributed by atoms with E-state index < -0.39 is 36.3 Å². The smallest absolute Gasteiger partial charge is 0.405 e. The van der Waals surface area contributed by atoms with E-state index in [9.17, 15) is 17.6 Å². The van der Waals surface area contributed by atoms with Gasteiger partial charge in [0, 0.05) is 23.0 Å². The standard InChI is InChI=1S/C35H37ClF5N5O2/c1-4-30(34(42)33(22-6-8-24(36)9-7-22)23-12-21(3)13-25(37)14-23)46-31-17-43-16-29(38)28(31)11-10-27-15-44-26(18-47-27)19-48-32(5-2)45-20-35(39,40)41/h6-9,12-14,16-17,26-27,33-34,44-46H,1-2,10-11,15,18-20,42H2,3H3/t26-,27+,33-,34+/m0/s1. The Bertz CT molecular complexity index is 1630. The van der Waals surface area contributed by atoms with E-state index in [4.69, 9.17) is 26.8 Å². The van der Waals surface area contributed by atoms with E-state index in [1.54, 1.807) is 19.1 Å². The Morgan fingerprint density at radius 1 is 1.15 bits per heavy atom. The number of nitrogens with zero attached hydrogens (tertiary/aromatic N) is 1. The molecule has 0 unspecified atom stereocenters. The van der Waals surface area contributed by atoms with Gasteiger partial charge in [0.2, 0.25) is 5.88 Å². The summed E-state index contributed by atoms with van der Waals surface area (Å²) in [5, 5.41) is 9.06. The highest BCUT2D eigenvalue weighted by atomic mass is 35.5. The molecule has 4 rings (SSSR count). The van der Waals surface area contributed by atoms with Crippen LogP contribution in [0.1, 0.15) is 34.6 Å². The fraction of sp³-hybridized carbons (Fsp3) is 0.343. The van der Waals surface area contributed by atoms with Crippen molar-refractivity contribution in [3.05, 3.63) is 130 Å². The van der Waals surface area contributed by atoms with E-state index in [0.717, 1.165) is 17.3 Å². The minimum absolute atomic E-state index is 0.0333. The van der Waals surface area contributed by atoms with Gasteiger partial charge >= 0.3 is 6.18 Å². The van der Waals surface area contributed by atoms with Crippen LogP contribution >= 0.6 is 11.6 Å². The molecule has 1 fully saturated rings. The Hall–Kier alpha value is -4.15. The topological polar surface area (TPSA) is 93.5 Å². The number of morpholine rings is 1. The van der Waals surface area contributed by atoms with Crippen LogP contribution in [0, 0.1) is 18.6 Å². The van der Waals surface area contributed by atoms with Crippen LogP contribution in [-0.4, -0.2) is 55.7 Å². The number of nitrogens with two attached hydrogens (primary N) is 1. The number of halogens is 6. The van der Waals surface area contributed by atoms with Crippen molar-refractivity contribution >= 4 is 17.3 Å². The summed E-state index contributed by atoms with van der Waals surface area (Å²) < 4.78 is 78.4. The van der Waals surface area contributed by atoms with Gasteiger partial charge in [-0.15, -0.1) is 5.73 Å². The molecule has 0 radical (unpaired) electrons. The summed E-state index contributed by atoms with van der Waals surface area (Å²) in [7, 11) is 0. The fourth-order valence-corrected chi connectivity index (χ4v) is 5.52. The first-order valence-corrected chi connectivity index (χ1v) is 15.5. The molecule has 7 nitrogen and oxygen atoms in total. The third-order valence-corrected chi connectivity index (χ3v) is 7.98. The molecule has 256 valence electrons. The highest BCUT2D eigenvalue weighted by molar-refractivity contribution is 6.30. The quantitative estimate of drug-likeness (QED) is 0.0857. The molecule has 2 heterocycles. The SMILES string of the molecule is C=C=C(NCC(F)(F)F)OC[C@@H]1CO[C@H](CCc2c(F)cncc2NC(=C=C)[C@@H](N)[C@@H](c2ccc(Cl)cc2)c2cc(C)cc(F)c2)CN1. The average molecular weight is 690 g/mol. The van der Waals surface area contributed by atoms with E-state index in [-0.39, 0.29) is 37.7 Å². The summed E-state index contributed by atoms with van der Waals surface area (Å²) >= 11 is 6.14. The molecular weight excluding hydrogens is 653 g/mol. The van der Waals surface area contributed by atoms with Gasteiger partial charge in [-0.2, -0.15) is 13.2 Å². The molecule has 1 aliphatic heterocycles. The summed E-state index contributed by atoms with van der Waals surface area (Å²) in [6.45, 7) is 8.34. The molecule has 2 aromatic carbocycles. The second-order valence-electron chi connectivity index (χ2n) is 11.4. The summed E-state index contributed by atoms with van der Waals surface area (Å²) in [6, 6.07) is 10.7. The molecule has 1 aliphatic rings. The van der Waals surface area contributed by atoms with Crippen LogP contribution in [0.25, 0.3) is 0 Å². The Morgan fingerprint density at radius 3 is 2.52 bits per heavy atom. The Morgan fingerprint density at radius 2 is 1.90 bits per heavy atom. The molecule has 0 aliphatic carbocycles. The third-order valence-electron chi connectivity index (χ3n) is 7.73. The number of alkyl halides is 3. The summed E-state index contributed by atoms with van der Waals surface area (Å²) in [6.07, 6.45) is -1.37. The molecule has 4 atom stereocenters. The molecule has 48 heavy (non-hydrogen) atoms. The van der Waals surface area contributed by atoms with Gasteiger partial charge < -0.3 is 31.2 Å².